The first-order chi connectivity index (χ1) is 10.4. The molecule has 23 heavy (non-hydrogen) atoms. The summed E-state index contributed by atoms with van der Waals surface area (Å²) < 4.78 is 33.5. The van der Waals surface area contributed by atoms with Crippen LogP contribution in [0.15, 0.2) is 65.6 Å². The molecule has 0 amide bonds. The third-order valence-electron chi connectivity index (χ3n) is 3.67. The van der Waals surface area contributed by atoms with Gasteiger partial charge in [-0.2, -0.15) is 8.42 Å². The van der Waals surface area contributed by atoms with Gasteiger partial charge in [0.2, 0.25) is 0 Å². The molecule has 120 valence electrons. The summed E-state index contributed by atoms with van der Waals surface area (Å²) in [6.07, 6.45) is 0.415. The molecular weight excluding hydrogens is 310 g/mol. The predicted octanol–water partition coefficient (Wildman–Crippen LogP) is 4.52. The highest BCUT2D eigenvalue weighted by molar-refractivity contribution is 7.86. The molecule has 3 aromatic rings. The quantitative estimate of drug-likeness (QED) is 0.420. The predicted molar refractivity (Wildman–Crippen MR) is 94.8 cm³/mol. The van der Waals surface area contributed by atoms with E-state index >= 15 is 0 Å². The Bertz CT molecular complexity index is 1010. The van der Waals surface area contributed by atoms with E-state index in [1.165, 1.54) is 0 Å². The zero-order chi connectivity index (χ0) is 15.9. The van der Waals surface area contributed by atoms with Crippen LogP contribution in [0.4, 0.5) is 0 Å². The molecule has 0 atom stereocenters. The van der Waals surface area contributed by atoms with Gasteiger partial charge < -0.3 is 6.15 Å². The van der Waals surface area contributed by atoms with Gasteiger partial charge in [-0.05, 0) is 47.2 Å². The highest BCUT2D eigenvalue weighted by Gasteiger charge is 2.19. The first-order valence-corrected chi connectivity index (χ1v) is 8.36. The van der Waals surface area contributed by atoms with Gasteiger partial charge in [0.1, 0.15) is 4.90 Å². The molecule has 5 heteroatoms. The van der Waals surface area contributed by atoms with E-state index in [0.29, 0.717) is 17.4 Å². The summed E-state index contributed by atoms with van der Waals surface area (Å²) in [7, 11) is -4.32. The lowest BCUT2D eigenvalue weighted by atomic mass is 9.99. The Kier molecular flexibility index (Phi) is 4.56. The number of hydrogen-bond acceptors (Lipinski definition) is 3. The van der Waals surface area contributed by atoms with E-state index in [1.54, 1.807) is 6.07 Å². The third-order valence-corrected chi connectivity index (χ3v) is 4.67. The molecule has 0 saturated carbocycles. The van der Waals surface area contributed by atoms with Crippen LogP contribution in [0.1, 0.15) is 12.5 Å². The Morgan fingerprint density at radius 2 is 1.65 bits per heavy atom. The van der Waals surface area contributed by atoms with Crippen LogP contribution in [-0.2, 0) is 16.5 Å². The van der Waals surface area contributed by atoms with Crippen molar-refractivity contribution in [3.63, 3.8) is 0 Å². The van der Waals surface area contributed by atoms with E-state index in [4.69, 9.17) is 0 Å². The van der Waals surface area contributed by atoms with Crippen LogP contribution in [0.3, 0.4) is 0 Å². The molecular formula is C18H19NO3S. The van der Waals surface area contributed by atoms with Gasteiger partial charge in [0, 0.05) is 5.39 Å². The van der Waals surface area contributed by atoms with Crippen molar-refractivity contribution in [3.8, 4) is 0 Å². The molecule has 0 radical (unpaired) electrons. The van der Waals surface area contributed by atoms with E-state index in [0.717, 1.165) is 21.7 Å². The van der Waals surface area contributed by atoms with Crippen LogP contribution in [0.2, 0.25) is 0 Å². The SMILES string of the molecule is C=C(C)Cc1ccc2cc3ccccc3cc2c1S(=O)(=O)O.N. The van der Waals surface area contributed by atoms with Gasteiger partial charge in [0.15, 0.2) is 0 Å². The fourth-order valence-corrected chi connectivity index (χ4v) is 3.73. The van der Waals surface area contributed by atoms with Crippen LogP contribution < -0.4 is 6.15 Å². The minimum Gasteiger partial charge on any atom is -0.344 e. The van der Waals surface area contributed by atoms with Crippen molar-refractivity contribution < 1.29 is 13.0 Å². The van der Waals surface area contributed by atoms with Crippen molar-refractivity contribution in [1.82, 2.24) is 6.15 Å². The number of fused-ring (bicyclic) bond motifs is 2. The fourth-order valence-electron chi connectivity index (χ4n) is 2.80. The lowest BCUT2D eigenvalue weighted by Crippen LogP contribution is -2.05. The van der Waals surface area contributed by atoms with Crippen molar-refractivity contribution in [2.75, 3.05) is 0 Å². The zero-order valence-corrected chi connectivity index (χ0v) is 13.7. The topological polar surface area (TPSA) is 89.4 Å². The Morgan fingerprint density at radius 1 is 1.04 bits per heavy atom. The molecule has 3 aromatic carbocycles. The maximum Gasteiger partial charge on any atom is 0.295 e. The van der Waals surface area contributed by atoms with E-state index in [1.807, 2.05) is 49.4 Å². The third kappa shape index (κ3) is 3.27. The summed E-state index contributed by atoms with van der Waals surface area (Å²) in [5, 5.41) is 3.30. The van der Waals surface area contributed by atoms with Crippen molar-refractivity contribution in [1.29, 1.82) is 0 Å². The molecule has 4 N–H and O–H groups in total. The molecule has 0 aliphatic rings. The number of hydrogen-bond donors (Lipinski definition) is 2. The highest BCUT2D eigenvalue weighted by atomic mass is 32.2. The van der Waals surface area contributed by atoms with Gasteiger partial charge >= 0.3 is 0 Å². The van der Waals surface area contributed by atoms with Crippen molar-refractivity contribution in [2.45, 2.75) is 18.2 Å². The number of allylic oxidation sites excluding steroid dienone is 1. The van der Waals surface area contributed by atoms with E-state index in [9.17, 15) is 13.0 Å². The molecule has 0 heterocycles. The Labute approximate surface area is 135 Å². The van der Waals surface area contributed by atoms with Crippen molar-refractivity contribution >= 4 is 31.7 Å². The second-order valence-corrected chi connectivity index (χ2v) is 6.94. The second kappa shape index (κ2) is 6.12. The van der Waals surface area contributed by atoms with Gasteiger partial charge in [-0.1, -0.05) is 48.6 Å². The molecule has 3 rings (SSSR count). The minimum atomic E-state index is -4.32. The molecule has 0 aliphatic carbocycles. The largest absolute Gasteiger partial charge is 0.344 e. The first-order valence-electron chi connectivity index (χ1n) is 6.92. The summed E-state index contributed by atoms with van der Waals surface area (Å²) in [4.78, 5) is -0.0150. The second-order valence-electron chi connectivity index (χ2n) is 5.58. The maximum absolute atomic E-state index is 11.9. The molecule has 4 nitrogen and oxygen atoms in total. The smallest absolute Gasteiger partial charge is 0.295 e. The normalized spacial score (nSPS) is 11.4. The van der Waals surface area contributed by atoms with Crippen LogP contribution >= 0.6 is 0 Å². The van der Waals surface area contributed by atoms with Gasteiger partial charge in [-0.15, -0.1) is 0 Å². The van der Waals surface area contributed by atoms with Gasteiger partial charge in [-0.3, -0.25) is 4.55 Å². The van der Waals surface area contributed by atoms with Crippen LogP contribution in [-0.4, -0.2) is 13.0 Å². The number of rotatable bonds is 3. The van der Waals surface area contributed by atoms with E-state index < -0.39 is 10.1 Å². The average molecular weight is 329 g/mol. The zero-order valence-electron chi connectivity index (χ0n) is 12.9. The molecule has 0 saturated heterocycles. The summed E-state index contributed by atoms with van der Waals surface area (Å²) in [5.41, 5.74) is 1.41. The van der Waals surface area contributed by atoms with Gasteiger partial charge in [-0.25, -0.2) is 0 Å². The lowest BCUT2D eigenvalue weighted by Gasteiger charge is -2.12. The molecule has 0 aromatic heterocycles. The minimum absolute atomic E-state index is 0. The van der Waals surface area contributed by atoms with Gasteiger partial charge in [0.05, 0.1) is 0 Å². The summed E-state index contributed by atoms with van der Waals surface area (Å²) in [6.45, 7) is 5.66. The lowest BCUT2D eigenvalue weighted by molar-refractivity contribution is 0.483. The average Bonchev–Trinajstić information content (AvgIpc) is 2.43. The Balaban J connectivity index is 0.00000192. The number of benzene rings is 3. The van der Waals surface area contributed by atoms with Gasteiger partial charge in [0.25, 0.3) is 10.1 Å². The van der Waals surface area contributed by atoms with Crippen molar-refractivity contribution in [3.05, 3.63) is 66.2 Å². The maximum atomic E-state index is 11.9. The van der Waals surface area contributed by atoms with Crippen LogP contribution in [0.5, 0.6) is 0 Å². The molecule has 0 unspecified atom stereocenters. The Hall–Kier alpha value is -2.21. The highest BCUT2D eigenvalue weighted by Crippen LogP contribution is 2.31. The van der Waals surface area contributed by atoms with Crippen LogP contribution in [0, 0.1) is 0 Å². The molecule has 0 fully saturated rings. The Morgan fingerprint density at radius 3 is 2.22 bits per heavy atom. The molecule has 0 spiro atoms. The first kappa shape index (κ1) is 17.1. The standard InChI is InChI=1S/C18H16O3S.H3N/c1-12(2)9-16-8-7-15-10-13-5-3-4-6-14(13)11-17(15)18(16)22(19,20)21;/h3-8,10-11H,1,9H2,2H3,(H,19,20,21);1H3. The molecule has 0 bridgehead atoms. The monoisotopic (exact) mass is 329 g/mol. The van der Waals surface area contributed by atoms with E-state index in [-0.39, 0.29) is 11.0 Å². The summed E-state index contributed by atoms with van der Waals surface area (Å²) in [5.74, 6) is 0. The van der Waals surface area contributed by atoms with Crippen LogP contribution in [0.25, 0.3) is 21.5 Å². The molecule has 0 aliphatic heterocycles. The summed E-state index contributed by atoms with van der Waals surface area (Å²) in [6, 6.07) is 15.1. The van der Waals surface area contributed by atoms with E-state index in [2.05, 4.69) is 6.58 Å². The van der Waals surface area contributed by atoms with Crippen molar-refractivity contribution in [2.24, 2.45) is 0 Å². The summed E-state index contributed by atoms with van der Waals surface area (Å²) >= 11 is 0. The fraction of sp³-hybridized carbons (Fsp3) is 0.111.